The summed E-state index contributed by atoms with van der Waals surface area (Å²) >= 11 is 0. The van der Waals surface area contributed by atoms with E-state index in [-0.39, 0.29) is 18.2 Å². The molecule has 0 bridgehead atoms. The number of imidazole rings is 1. The monoisotopic (exact) mass is 640 g/mol. The van der Waals surface area contributed by atoms with Crippen LogP contribution in [-0.4, -0.2) is 72.0 Å². The Balaban J connectivity index is 1.31. The first-order valence-electron chi connectivity index (χ1n) is 16.6. The molecule has 250 valence electrons. The van der Waals surface area contributed by atoms with Gasteiger partial charge in [-0.3, -0.25) is 4.79 Å². The van der Waals surface area contributed by atoms with E-state index in [9.17, 15) is 9.59 Å². The normalized spacial score (nSPS) is 15.8. The zero-order valence-corrected chi connectivity index (χ0v) is 28.3. The second kappa shape index (κ2) is 15.5. The maximum atomic E-state index is 13.9. The van der Waals surface area contributed by atoms with Crippen LogP contribution in [-0.2, 0) is 27.2 Å². The Bertz CT molecular complexity index is 1640. The highest BCUT2D eigenvalue weighted by atomic mass is 16.6. The van der Waals surface area contributed by atoms with Crippen LogP contribution in [0.1, 0.15) is 63.8 Å². The summed E-state index contributed by atoms with van der Waals surface area (Å²) in [6.45, 7) is 8.27. The minimum Gasteiger partial charge on any atom is -0.496 e. The van der Waals surface area contributed by atoms with Crippen molar-refractivity contribution in [3.63, 3.8) is 0 Å². The Hall–Kier alpha value is -4.37. The number of ether oxygens (including phenoxy) is 3. The fraction of sp³-hybridized carbons (Fsp3) is 0.447. The van der Waals surface area contributed by atoms with E-state index in [0.717, 1.165) is 65.1 Å². The summed E-state index contributed by atoms with van der Waals surface area (Å²) in [4.78, 5) is 33.8. The third kappa shape index (κ3) is 8.92. The maximum Gasteiger partial charge on any atom is 0.407 e. The number of methoxy groups -OCH3 is 2. The van der Waals surface area contributed by atoms with Gasteiger partial charge in [0.15, 0.2) is 0 Å². The van der Waals surface area contributed by atoms with Crippen LogP contribution in [0.15, 0.2) is 72.8 Å². The number of nitrogens with one attached hydrogen (secondary N) is 1. The van der Waals surface area contributed by atoms with Gasteiger partial charge in [-0.1, -0.05) is 54.6 Å². The zero-order chi connectivity index (χ0) is 33.4. The molecule has 4 aromatic rings. The molecule has 1 fully saturated rings. The molecule has 1 aliphatic rings. The first kappa shape index (κ1) is 34.0. The first-order valence-corrected chi connectivity index (χ1v) is 16.6. The third-order valence-corrected chi connectivity index (χ3v) is 8.55. The smallest absolute Gasteiger partial charge is 0.407 e. The molecule has 1 saturated heterocycles. The van der Waals surface area contributed by atoms with Gasteiger partial charge in [-0.25, -0.2) is 9.78 Å². The summed E-state index contributed by atoms with van der Waals surface area (Å²) in [5.41, 5.74) is 4.49. The SMILES string of the molecule is COCCCn1c([C@@H]2CCCN(C(=O)C[C@@H](Cc3ccc(-c4ccccc4OC)cc3)NC(=O)OC(C)(C)C)C2)nc2ccccc21. The van der Waals surface area contributed by atoms with E-state index in [0.29, 0.717) is 26.1 Å². The number of rotatable bonds is 12. The number of piperidine rings is 1. The molecule has 47 heavy (non-hydrogen) atoms. The first-order chi connectivity index (χ1) is 22.6. The molecule has 0 spiro atoms. The second-order valence-electron chi connectivity index (χ2n) is 13.3. The Morgan fingerprint density at radius 2 is 1.74 bits per heavy atom. The number of amides is 2. The lowest BCUT2D eigenvalue weighted by Crippen LogP contribution is -2.46. The summed E-state index contributed by atoms with van der Waals surface area (Å²) < 4.78 is 18.8. The molecule has 2 heterocycles. The van der Waals surface area contributed by atoms with E-state index in [1.807, 2.05) is 92.4 Å². The van der Waals surface area contributed by atoms with Crippen LogP contribution in [0.5, 0.6) is 5.75 Å². The summed E-state index contributed by atoms with van der Waals surface area (Å²) in [7, 11) is 3.39. The minimum atomic E-state index is -0.649. The number of benzene rings is 3. The molecule has 1 N–H and O–H groups in total. The predicted molar refractivity (Wildman–Crippen MR) is 185 cm³/mol. The van der Waals surface area contributed by atoms with Crippen molar-refractivity contribution in [1.82, 2.24) is 19.8 Å². The van der Waals surface area contributed by atoms with E-state index >= 15 is 0 Å². The number of carbonyl (C=O) groups is 2. The third-order valence-electron chi connectivity index (χ3n) is 8.55. The standard InChI is InChI=1S/C38H48N4O5/c1-38(2,3)47-37(44)39-30(24-27-17-19-28(20-18-27)31-13-6-9-16-34(31)46-5)25-35(43)41-21-10-12-29(26-41)36-40-32-14-7-8-15-33(32)42(36)22-11-23-45-4/h6-9,13-20,29-30H,10-12,21-26H2,1-5H3,(H,39,44)/t29-,30-/m1/s1. The van der Waals surface area contributed by atoms with Crippen molar-refractivity contribution < 1.29 is 23.8 Å². The number of carbonyl (C=O) groups excluding carboxylic acids is 2. The van der Waals surface area contributed by atoms with Crippen molar-refractivity contribution in [2.45, 2.75) is 77.0 Å². The molecule has 9 heteroatoms. The van der Waals surface area contributed by atoms with Crippen molar-refractivity contribution in [2.24, 2.45) is 0 Å². The Kier molecular flexibility index (Phi) is 11.2. The molecule has 9 nitrogen and oxygen atoms in total. The van der Waals surface area contributed by atoms with Crippen molar-refractivity contribution >= 4 is 23.0 Å². The average Bonchev–Trinajstić information content (AvgIpc) is 3.43. The highest BCUT2D eigenvalue weighted by Gasteiger charge is 2.30. The van der Waals surface area contributed by atoms with E-state index in [1.54, 1.807) is 14.2 Å². The number of aryl methyl sites for hydroxylation is 1. The summed E-state index contributed by atoms with van der Waals surface area (Å²) in [5, 5.41) is 3.00. The molecule has 0 unspecified atom stereocenters. The fourth-order valence-electron chi connectivity index (χ4n) is 6.40. The number of hydrogen-bond acceptors (Lipinski definition) is 6. The lowest BCUT2D eigenvalue weighted by molar-refractivity contribution is -0.132. The van der Waals surface area contributed by atoms with E-state index in [1.165, 1.54) is 0 Å². The van der Waals surface area contributed by atoms with Crippen LogP contribution in [0.25, 0.3) is 22.2 Å². The van der Waals surface area contributed by atoms with Crippen molar-refractivity contribution in [3.05, 3.63) is 84.2 Å². The molecule has 2 amide bonds. The van der Waals surface area contributed by atoms with Gasteiger partial charge in [-0.05, 0) is 75.8 Å². The van der Waals surface area contributed by atoms with Gasteiger partial charge in [-0.15, -0.1) is 0 Å². The summed E-state index contributed by atoms with van der Waals surface area (Å²) in [6, 6.07) is 23.9. The quantitative estimate of drug-likeness (QED) is 0.168. The van der Waals surface area contributed by atoms with Gasteiger partial charge >= 0.3 is 6.09 Å². The zero-order valence-electron chi connectivity index (χ0n) is 28.3. The van der Waals surface area contributed by atoms with Gasteiger partial charge in [-0.2, -0.15) is 0 Å². The maximum absolute atomic E-state index is 13.9. The van der Waals surface area contributed by atoms with Gasteiger partial charge in [0.25, 0.3) is 0 Å². The topological polar surface area (TPSA) is 94.9 Å². The number of alkyl carbamates (subject to hydrolysis) is 1. The largest absolute Gasteiger partial charge is 0.496 e. The van der Waals surface area contributed by atoms with Crippen LogP contribution in [0.2, 0.25) is 0 Å². The van der Waals surface area contributed by atoms with Crippen molar-refractivity contribution in [3.8, 4) is 16.9 Å². The minimum absolute atomic E-state index is 0.0171. The Morgan fingerprint density at radius 3 is 2.49 bits per heavy atom. The molecule has 3 aromatic carbocycles. The van der Waals surface area contributed by atoms with Crippen LogP contribution in [0.4, 0.5) is 4.79 Å². The van der Waals surface area contributed by atoms with E-state index in [2.05, 4.69) is 16.0 Å². The number of hydrogen-bond donors (Lipinski definition) is 1. The molecule has 0 aliphatic carbocycles. The fourth-order valence-corrected chi connectivity index (χ4v) is 6.40. The Labute approximate surface area is 278 Å². The highest BCUT2D eigenvalue weighted by molar-refractivity contribution is 5.79. The van der Waals surface area contributed by atoms with Gasteiger partial charge < -0.3 is 29.0 Å². The van der Waals surface area contributed by atoms with E-state index in [4.69, 9.17) is 19.2 Å². The van der Waals surface area contributed by atoms with Gasteiger partial charge in [0.05, 0.1) is 18.1 Å². The molecule has 2 atom stereocenters. The number of aromatic nitrogens is 2. The van der Waals surface area contributed by atoms with Crippen LogP contribution < -0.4 is 10.1 Å². The average molecular weight is 641 g/mol. The molecule has 5 rings (SSSR count). The summed E-state index contributed by atoms with van der Waals surface area (Å²) in [5.74, 6) is 1.98. The van der Waals surface area contributed by atoms with Crippen LogP contribution >= 0.6 is 0 Å². The van der Waals surface area contributed by atoms with Gasteiger partial charge in [0.2, 0.25) is 5.91 Å². The molecular formula is C38H48N4O5. The number of nitrogens with zero attached hydrogens (tertiary/aromatic N) is 3. The van der Waals surface area contributed by atoms with E-state index < -0.39 is 17.7 Å². The number of para-hydroxylation sites is 3. The predicted octanol–water partition coefficient (Wildman–Crippen LogP) is 6.98. The molecule has 1 aromatic heterocycles. The van der Waals surface area contributed by atoms with Gasteiger partial charge in [0.1, 0.15) is 17.2 Å². The molecule has 0 radical (unpaired) electrons. The molecule has 0 saturated carbocycles. The highest BCUT2D eigenvalue weighted by Crippen LogP contribution is 2.31. The van der Waals surface area contributed by atoms with Crippen LogP contribution in [0, 0.1) is 0 Å². The molecule has 1 aliphatic heterocycles. The lowest BCUT2D eigenvalue weighted by atomic mass is 9.95. The van der Waals surface area contributed by atoms with Crippen LogP contribution in [0.3, 0.4) is 0 Å². The van der Waals surface area contributed by atoms with Crippen molar-refractivity contribution in [1.29, 1.82) is 0 Å². The van der Waals surface area contributed by atoms with Gasteiger partial charge in [0, 0.05) is 57.3 Å². The molecular weight excluding hydrogens is 592 g/mol. The van der Waals surface area contributed by atoms with Crippen molar-refractivity contribution in [2.75, 3.05) is 33.9 Å². The number of likely N-dealkylation sites (tertiary alicyclic amines) is 1. The lowest BCUT2D eigenvalue weighted by Gasteiger charge is -2.34. The summed E-state index contributed by atoms with van der Waals surface area (Å²) in [6.07, 6.45) is 2.88. The second-order valence-corrected chi connectivity index (χ2v) is 13.3. The number of fused-ring (bicyclic) bond motifs is 1. The Morgan fingerprint density at radius 1 is 1.00 bits per heavy atom.